The molecule has 1 aromatic rings. The van der Waals surface area contributed by atoms with Crippen LogP contribution in [0.4, 0.5) is 10.5 Å². The van der Waals surface area contributed by atoms with Crippen LogP contribution >= 0.6 is 0 Å². The van der Waals surface area contributed by atoms with Gasteiger partial charge in [0.2, 0.25) is 0 Å². The van der Waals surface area contributed by atoms with Crippen molar-refractivity contribution < 1.29 is 27.9 Å². The lowest BCUT2D eigenvalue weighted by molar-refractivity contribution is -0.137. The number of nitrogens with zero attached hydrogens (tertiary/aromatic N) is 2. The lowest BCUT2D eigenvalue weighted by Gasteiger charge is -2.34. The highest BCUT2D eigenvalue weighted by atomic mass is 32.2. The summed E-state index contributed by atoms with van der Waals surface area (Å²) >= 11 is 0. The molecule has 0 aromatic heterocycles. The van der Waals surface area contributed by atoms with Crippen molar-refractivity contribution in [3.63, 3.8) is 0 Å². The Labute approximate surface area is 140 Å². The van der Waals surface area contributed by atoms with Gasteiger partial charge in [0.25, 0.3) is 10.0 Å². The van der Waals surface area contributed by atoms with Gasteiger partial charge in [0.15, 0.2) is 0 Å². The molecule has 1 heterocycles. The molecule has 0 unspecified atom stereocenters. The van der Waals surface area contributed by atoms with Gasteiger partial charge in [0.1, 0.15) is 10.6 Å². The highest BCUT2D eigenvalue weighted by Crippen LogP contribution is 2.36. The number of hydrogen-bond donors (Lipinski definition) is 1. The molecule has 1 aliphatic rings. The number of benzene rings is 1. The van der Waals surface area contributed by atoms with E-state index < -0.39 is 22.0 Å². The summed E-state index contributed by atoms with van der Waals surface area (Å²) in [5, 5.41) is 8.67. The molecular weight excluding hydrogens is 336 g/mol. The number of sulfonamides is 1. The lowest BCUT2D eigenvalue weighted by Crippen LogP contribution is -2.49. The van der Waals surface area contributed by atoms with Gasteiger partial charge in [-0.3, -0.25) is 9.69 Å². The van der Waals surface area contributed by atoms with Crippen LogP contribution in [0, 0.1) is 0 Å². The zero-order valence-corrected chi connectivity index (χ0v) is 14.5. The van der Waals surface area contributed by atoms with Crippen LogP contribution in [0.3, 0.4) is 0 Å². The van der Waals surface area contributed by atoms with Crippen LogP contribution < -0.4 is 9.64 Å². The van der Waals surface area contributed by atoms with Gasteiger partial charge < -0.3 is 9.84 Å². The largest absolute Gasteiger partial charge is 0.491 e. The van der Waals surface area contributed by atoms with Gasteiger partial charge in [-0.15, -0.1) is 0 Å². The second-order valence-electron chi connectivity index (χ2n) is 5.71. The smallest absolute Gasteiger partial charge is 0.338 e. The van der Waals surface area contributed by atoms with Crippen molar-refractivity contribution in [1.29, 1.82) is 0 Å². The Bertz CT molecular complexity index is 759. The van der Waals surface area contributed by atoms with Crippen molar-refractivity contribution in [2.45, 2.75) is 37.7 Å². The third-order valence-corrected chi connectivity index (χ3v) is 5.30. The van der Waals surface area contributed by atoms with Gasteiger partial charge in [-0.1, -0.05) is 0 Å². The first-order chi connectivity index (χ1) is 11.1. The molecule has 0 aliphatic carbocycles. The number of rotatable bonds is 6. The Balaban J connectivity index is 2.37. The second-order valence-corrected chi connectivity index (χ2v) is 7.54. The van der Waals surface area contributed by atoms with E-state index in [0.29, 0.717) is 10.1 Å². The summed E-state index contributed by atoms with van der Waals surface area (Å²) in [5.41, 5.74) is 0.243. The fraction of sp³-hybridized carbons (Fsp3) is 0.467. The van der Waals surface area contributed by atoms with E-state index >= 15 is 0 Å². The monoisotopic (exact) mass is 356 g/mol. The summed E-state index contributed by atoms with van der Waals surface area (Å²) < 4.78 is 31.6. The van der Waals surface area contributed by atoms with Crippen LogP contribution in [-0.4, -0.2) is 49.5 Å². The van der Waals surface area contributed by atoms with Crippen LogP contribution in [0.1, 0.15) is 26.7 Å². The van der Waals surface area contributed by atoms with Crippen LogP contribution in [0.2, 0.25) is 0 Å². The van der Waals surface area contributed by atoms with E-state index in [-0.39, 0.29) is 36.1 Å². The molecule has 0 radical (unpaired) electrons. The first-order valence-electron chi connectivity index (χ1n) is 7.47. The Morgan fingerprint density at radius 2 is 2.00 bits per heavy atom. The lowest BCUT2D eigenvalue weighted by atomic mass is 10.2. The van der Waals surface area contributed by atoms with Crippen LogP contribution in [0.25, 0.3) is 0 Å². The number of urea groups is 1. The van der Waals surface area contributed by atoms with E-state index in [2.05, 4.69) is 0 Å². The first kappa shape index (κ1) is 18.1. The maximum atomic E-state index is 12.7. The van der Waals surface area contributed by atoms with Crippen molar-refractivity contribution in [3.8, 4) is 5.75 Å². The molecule has 0 atom stereocenters. The van der Waals surface area contributed by atoms with Crippen molar-refractivity contribution >= 4 is 27.7 Å². The Kier molecular flexibility index (Phi) is 5.02. The molecule has 0 spiro atoms. The minimum absolute atomic E-state index is 0.00367. The average Bonchev–Trinajstić information content (AvgIpc) is 2.47. The van der Waals surface area contributed by atoms with Gasteiger partial charge >= 0.3 is 12.0 Å². The highest BCUT2D eigenvalue weighted by molar-refractivity contribution is 7.90. The van der Waals surface area contributed by atoms with E-state index in [0.717, 1.165) is 0 Å². The summed E-state index contributed by atoms with van der Waals surface area (Å²) in [6.45, 7) is 3.51. The van der Waals surface area contributed by atoms with Crippen LogP contribution in [0.5, 0.6) is 5.75 Å². The quantitative estimate of drug-likeness (QED) is 0.835. The van der Waals surface area contributed by atoms with E-state index in [9.17, 15) is 18.0 Å². The molecule has 9 heteroatoms. The number of amides is 2. The molecule has 132 valence electrons. The molecule has 1 N–H and O–H groups in total. The second kappa shape index (κ2) is 6.68. The standard InChI is InChI=1S/C15H20N2O6S/c1-10(2)23-11-6-7-13-12(9-11)16(3)15(20)17(24(13,21)22)8-4-5-14(18)19/h6-7,9-10H,4-5,8H2,1-3H3,(H,18,19). The summed E-state index contributed by atoms with van der Waals surface area (Å²) in [6.07, 6.45) is -0.244. The normalized spacial score (nSPS) is 16.2. The molecule has 0 fully saturated rings. The minimum atomic E-state index is -4.01. The van der Waals surface area contributed by atoms with Gasteiger partial charge in [0, 0.05) is 26.1 Å². The Morgan fingerprint density at radius 3 is 2.58 bits per heavy atom. The third kappa shape index (κ3) is 3.45. The predicted molar refractivity (Wildman–Crippen MR) is 86.8 cm³/mol. The number of hydrogen-bond acceptors (Lipinski definition) is 5. The van der Waals surface area contributed by atoms with Crippen LogP contribution in [-0.2, 0) is 14.8 Å². The minimum Gasteiger partial charge on any atom is -0.491 e. The SMILES string of the molecule is CC(C)Oc1ccc2c(c1)N(C)C(=O)N(CCCC(=O)O)S2(=O)=O. The predicted octanol–water partition coefficient (Wildman–Crippen LogP) is 1.90. The van der Waals surface area contributed by atoms with Gasteiger partial charge in [-0.25, -0.2) is 17.5 Å². The summed E-state index contributed by atoms with van der Waals surface area (Å²) in [4.78, 5) is 24.2. The molecule has 2 rings (SSSR count). The maximum absolute atomic E-state index is 12.7. The Morgan fingerprint density at radius 1 is 1.33 bits per heavy atom. The van der Waals surface area contributed by atoms with Crippen molar-refractivity contribution in [2.24, 2.45) is 0 Å². The van der Waals surface area contributed by atoms with Crippen molar-refractivity contribution in [2.75, 3.05) is 18.5 Å². The van der Waals surface area contributed by atoms with Gasteiger partial charge in [-0.2, -0.15) is 0 Å². The number of carbonyl (C=O) groups excluding carboxylic acids is 1. The van der Waals surface area contributed by atoms with Gasteiger partial charge in [-0.05, 0) is 32.4 Å². The number of carboxylic acid groups (broad SMARTS) is 1. The van der Waals surface area contributed by atoms with E-state index in [4.69, 9.17) is 9.84 Å². The number of carboxylic acids is 1. The average molecular weight is 356 g/mol. The Hall–Kier alpha value is -2.29. The maximum Gasteiger partial charge on any atom is 0.338 e. The third-order valence-electron chi connectivity index (χ3n) is 3.48. The summed E-state index contributed by atoms with van der Waals surface area (Å²) in [5.74, 6) is -0.570. The number of anilines is 1. The molecule has 1 aliphatic heterocycles. The summed E-state index contributed by atoms with van der Waals surface area (Å²) in [6, 6.07) is 3.74. The van der Waals surface area contributed by atoms with Crippen LogP contribution in [0.15, 0.2) is 23.1 Å². The molecule has 8 nitrogen and oxygen atoms in total. The van der Waals surface area contributed by atoms with E-state index in [1.165, 1.54) is 30.1 Å². The van der Waals surface area contributed by atoms with Gasteiger partial charge in [0.05, 0.1) is 11.8 Å². The van der Waals surface area contributed by atoms with E-state index in [1.807, 2.05) is 13.8 Å². The fourth-order valence-electron chi connectivity index (χ4n) is 2.40. The highest BCUT2D eigenvalue weighted by Gasteiger charge is 2.39. The molecule has 2 amide bonds. The molecule has 0 saturated carbocycles. The number of aliphatic carboxylic acids is 1. The number of carbonyl (C=O) groups is 2. The summed E-state index contributed by atoms with van der Waals surface area (Å²) in [7, 11) is -2.54. The molecule has 1 aromatic carbocycles. The first-order valence-corrected chi connectivity index (χ1v) is 8.91. The molecular formula is C15H20N2O6S. The van der Waals surface area contributed by atoms with Crippen molar-refractivity contribution in [3.05, 3.63) is 18.2 Å². The topological polar surface area (TPSA) is 104 Å². The fourth-order valence-corrected chi connectivity index (χ4v) is 4.04. The molecule has 24 heavy (non-hydrogen) atoms. The zero-order chi connectivity index (χ0) is 18.1. The number of ether oxygens (including phenoxy) is 1. The van der Waals surface area contributed by atoms with Crippen molar-refractivity contribution in [1.82, 2.24) is 4.31 Å². The number of fused-ring (bicyclic) bond motifs is 1. The molecule has 0 bridgehead atoms. The zero-order valence-electron chi connectivity index (χ0n) is 13.7. The van der Waals surface area contributed by atoms with E-state index in [1.54, 1.807) is 0 Å². The molecule has 0 saturated heterocycles.